The van der Waals surface area contributed by atoms with Crippen LogP contribution in [-0.2, 0) is 0 Å². The first-order valence-corrected chi connectivity index (χ1v) is 4.06. The van der Waals surface area contributed by atoms with Gasteiger partial charge in [-0.15, -0.1) is 0 Å². The smallest absolute Gasteiger partial charge is 0.337 e. The molecule has 1 N–H and O–H groups in total. The zero-order valence-electron chi connectivity index (χ0n) is 7.46. The van der Waals surface area contributed by atoms with Crippen LogP contribution in [0.25, 0.3) is 5.69 Å². The molecule has 5 nitrogen and oxygen atoms in total. The van der Waals surface area contributed by atoms with E-state index in [4.69, 9.17) is 5.11 Å². The van der Waals surface area contributed by atoms with Crippen molar-refractivity contribution in [3.63, 3.8) is 0 Å². The molecular weight excluding hydrogens is 201 g/mol. The molecule has 76 valence electrons. The molecule has 0 radical (unpaired) electrons. The minimum Gasteiger partial charge on any atom is -0.478 e. The summed E-state index contributed by atoms with van der Waals surface area (Å²) in [4.78, 5) is 14.5. The SMILES string of the molecule is O=C(O)c1ccc(F)cc1-n1cncn1. The molecule has 6 heteroatoms. The van der Waals surface area contributed by atoms with Gasteiger partial charge >= 0.3 is 5.97 Å². The van der Waals surface area contributed by atoms with Crippen molar-refractivity contribution in [2.75, 3.05) is 0 Å². The Labute approximate surface area is 83.8 Å². The summed E-state index contributed by atoms with van der Waals surface area (Å²) in [5.74, 6) is -1.66. The van der Waals surface area contributed by atoms with E-state index in [0.29, 0.717) is 0 Å². The summed E-state index contributed by atoms with van der Waals surface area (Å²) in [6, 6.07) is 3.37. The fourth-order valence-electron chi connectivity index (χ4n) is 1.21. The van der Waals surface area contributed by atoms with Gasteiger partial charge in [0.1, 0.15) is 18.5 Å². The summed E-state index contributed by atoms with van der Waals surface area (Å²) in [6.45, 7) is 0. The van der Waals surface area contributed by atoms with Gasteiger partial charge in [0.25, 0.3) is 0 Å². The molecule has 2 rings (SSSR count). The molecular formula is C9H6FN3O2. The van der Waals surface area contributed by atoms with Gasteiger partial charge in [0, 0.05) is 6.07 Å². The average Bonchev–Trinajstić information content (AvgIpc) is 2.69. The highest BCUT2D eigenvalue weighted by Crippen LogP contribution is 2.14. The molecule has 0 unspecified atom stereocenters. The molecule has 0 atom stereocenters. The van der Waals surface area contributed by atoms with Crippen molar-refractivity contribution >= 4 is 5.97 Å². The van der Waals surface area contributed by atoms with Crippen LogP contribution >= 0.6 is 0 Å². The summed E-state index contributed by atoms with van der Waals surface area (Å²) in [5, 5.41) is 12.6. The fourth-order valence-corrected chi connectivity index (χ4v) is 1.21. The van der Waals surface area contributed by atoms with Crippen LogP contribution in [0.3, 0.4) is 0 Å². The largest absolute Gasteiger partial charge is 0.478 e. The molecule has 1 aromatic carbocycles. The quantitative estimate of drug-likeness (QED) is 0.800. The number of halogens is 1. The molecule has 0 amide bonds. The third-order valence-corrected chi connectivity index (χ3v) is 1.86. The van der Waals surface area contributed by atoms with E-state index in [9.17, 15) is 9.18 Å². The van der Waals surface area contributed by atoms with Gasteiger partial charge in [-0.25, -0.2) is 18.9 Å². The fraction of sp³-hybridized carbons (Fsp3) is 0. The normalized spacial score (nSPS) is 10.2. The molecule has 0 spiro atoms. The maximum absolute atomic E-state index is 12.9. The molecule has 0 aliphatic carbocycles. The van der Waals surface area contributed by atoms with Crippen LogP contribution in [0.5, 0.6) is 0 Å². The highest BCUT2D eigenvalue weighted by Gasteiger charge is 2.12. The van der Waals surface area contributed by atoms with Crippen LogP contribution in [0.4, 0.5) is 4.39 Å². The first-order valence-electron chi connectivity index (χ1n) is 4.06. The zero-order chi connectivity index (χ0) is 10.8. The lowest BCUT2D eigenvalue weighted by Gasteiger charge is -2.04. The molecule has 1 aromatic heterocycles. The number of rotatable bonds is 2. The van der Waals surface area contributed by atoms with Crippen molar-refractivity contribution in [3.8, 4) is 5.69 Å². The molecule has 1 heterocycles. The van der Waals surface area contributed by atoms with Gasteiger partial charge in [-0.1, -0.05) is 0 Å². The number of carbonyl (C=O) groups is 1. The topological polar surface area (TPSA) is 68.0 Å². The van der Waals surface area contributed by atoms with E-state index in [-0.39, 0.29) is 11.3 Å². The Morgan fingerprint density at radius 1 is 1.47 bits per heavy atom. The second-order valence-electron chi connectivity index (χ2n) is 2.81. The van der Waals surface area contributed by atoms with Gasteiger partial charge in [-0.3, -0.25) is 0 Å². The number of hydrogen-bond donors (Lipinski definition) is 1. The summed E-state index contributed by atoms with van der Waals surface area (Å²) in [5.41, 5.74) is 0.127. The second-order valence-corrected chi connectivity index (χ2v) is 2.81. The molecule has 0 bridgehead atoms. The lowest BCUT2D eigenvalue weighted by molar-refractivity contribution is 0.0696. The number of aromatic nitrogens is 3. The van der Waals surface area contributed by atoms with Gasteiger partial charge in [0.15, 0.2) is 0 Å². The van der Waals surface area contributed by atoms with E-state index >= 15 is 0 Å². The van der Waals surface area contributed by atoms with Gasteiger partial charge in [0.05, 0.1) is 11.3 Å². The average molecular weight is 207 g/mol. The lowest BCUT2D eigenvalue weighted by Crippen LogP contribution is -2.06. The highest BCUT2D eigenvalue weighted by molar-refractivity contribution is 5.91. The summed E-state index contributed by atoms with van der Waals surface area (Å²) in [7, 11) is 0. The molecule has 0 aliphatic heterocycles. The summed E-state index contributed by atoms with van der Waals surface area (Å²) >= 11 is 0. The highest BCUT2D eigenvalue weighted by atomic mass is 19.1. The van der Waals surface area contributed by atoms with Crippen LogP contribution in [0.2, 0.25) is 0 Å². The minimum atomic E-state index is -1.14. The zero-order valence-corrected chi connectivity index (χ0v) is 7.46. The maximum Gasteiger partial charge on any atom is 0.337 e. The van der Waals surface area contributed by atoms with Gasteiger partial charge < -0.3 is 5.11 Å². The van der Waals surface area contributed by atoms with Crippen LogP contribution in [0.15, 0.2) is 30.9 Å². The first kappa shape index (κ1) is 9.32. The second kappa shape index (κ2) is 3.49. The van der Waals surface area contributed by atoms with Crippen molar-refractivity contribution in [3.05, 3.63) is 42.2 Å². The summed E-state index contributed by atoms with van der Waals surface area (Å²) < 4.78 is 14.1. The minimum absolute atomic E-state index is 0.0260. The molecule has 15 heavy (non-hydrogen) atoms. The molecule has 0 saturated heterocycles. The Morgan fingerprint density at radius 3 is 2.87 bits per heavy atom. The van der Waals surface area contributed by atoms with Crippen molar-refractivity contribution < 1.29 is 14.3 Å². The van der Waals surface area contributed by atoms with Crippen LogP contribution in [0, 0.1) is 5.82 Å². The van der Waals surface area contributed by atoms with Gasteiger partial charge in [-0.05, 0) is 12.1 Å². The van der Waals surface area contributed by atoms with E-state index < -0.39 is 11.8 Å². The monoisotopic (exact) mass is 207 g/mol. The molecule has 0 saturated carbocycles. The Bertz CT molecular complexity index is 496. The van der Waals surface area contributed by atoms with Gasteiger partial charge in [0.2, 0.25) is 0 Å². The van der Waals surface area contributed by atoms with Crippen molar-refractivity contribution in [1.82, 2.24) is 14.8 Å². The molecule has 2 aromatic rings. The van der Waals surface area contributed by atoms with Crippen molar-refractivity contribution in [2.24, 2.45) is 0 Å². The standard InChI is InChI=1S/C9H6FN3O2/c10-6-1-2-7(9(14)15)8(3-6)13-5-11-4-12-13/h1-5H,(H,14,15). The predicted octanol–water partition coefficient (Wildman–Crippen LogP) is 1.10. The summed E-state index contributed by atoms with van der Waals surface area (Å²) in [6.07, 6.45) is 2.55. The van der Waals surface area contributed by atoms with Gasteiger partial charge in [-0.2, -0.15) is 5.10 Å². The third-order valence-electron chi connectivity index (χ3n) is 1.86. The number of nitrogens with zero attached hydrogens (tertiary/aromatic N) is 3. The molecule has 0 aliphatic rings. The van der Waals surface area contributed by atoms with E-state index in [2.05, 4.69) is 10.1 Å². The number of benzene rings is 1. The Morgan fingerprint density at radius 2 is 2.27 bits per heavy atom. The number of carboxylic acids is 1. The Hall–Kier alpha value is -2.24. The van der Waals surface area contributed by atoms with E-state index in [0.717, 1.165) is 12.1 Å². The van der Waals surface area contributed by atoms with Crippen molar-refractivity contribution in [2.45, 2.75) is 0 Å². The molecule has 0 fully saturated rings. The Balaban J connectivity index is 2.63. The number of aromatic carboxylic acids is 1. The number of hydrogen-bond acceptors (Lipinski definition) is 3. The van der Waals surface area contributed by atoms with E-state index in [1.807, 2.05) is 0 Å². The van der Waals surface area contributed by atoms with Crippen LogP contribution in [0.1, 0.15) is 10.4 Å². The van der Waals surface area contributed by atoms with Crippen molar-refractivity contribution in [1.29, 1.82) is 0 Å². The van der Waals surface area contributed by atoms with Crippen LogP contribution in [-0.4, -0.2) is 25.8 Å². The van der Waals surface area contributed by atoms with E-state index in [1.54, 1.807) is 0 Å². The predicted molar refractivity (Wildman–Crippen MR) is 48.3 cm³/mol. The lowest BCUT2D eigenvalue weighted by atomic mass is 10.2. The van der Waals surface area contributed by atoms with E-state index in [1.165, 1.54) is 23.4 Å². The first-order chi connectivity index (χ1) is 7.18. The number of carboxylic acid groups (broad SMARTS) is 1. The maximum atomic E-state index is 12.9. The van der Waals surface area contributed by atoms with Crippen LogP contribution < -0.4 is 0 Å². The Kier molecular flexibility index (Phi) is 2.17. The third kappa shape index (κ3) is 1.69.